The van der Waals surface area contributed by atoms with Crippen molar-refractivity contribution in [3.05, 3.63) is 0 Å². The molecule has 1 saturated carbocycles. The van der Waals surface area contributed by atoms with Gasteiger partial charge in [0.1, 0.15) is 0 Å². The number of hydrogen-bond donors (Lipinski definition) is 4. The highest BCUT2D eigenvalue weighted by Gasteiger charge is 2.17. The normalized spacial score (nSPS) is 23.8. The molecule has 0 spiro atoms. The molecular weight excluding hydrogens is 288 g/mol. The molecule has 6 heteroatoms. The SMILES string of the molecule is N=C(N)SCCC1CCCC(CCSC(=N)N)CCC1. The van der Waals surface area contributed by atoms with Gasteiger partial charge in [-0.3, -0.25) is 10.8 Å². The lowest BCUT2D eigenvalue weighted by molar-refractivity contribution is 0.309. The minimum atomic E-state index is 0.249. The minimum Gasteiger partial charge on any atom is -0.379 e. The number of amidine groups is 2. The maximum Gasteiger partial charge on any atom is 0.151 e. The number of thioether (sulfide) groups is 2. The van der Waals surface area contributed by atoms with Crippen LogP contribution in [0.2, 0.25) is 0 Å². The van der Waals surface area contributed by atoms with E-state index >= 15 is 0 Å². The molecule has 0 amide bonds. The molecule has 116 valence electrons. The van der Waals surface area contributed by atoms with E-state index in [-0.39, 0.29) is 10.3 Å². The van der Waals surface area contributed by atoms with Gasteiger partial charge in [0, 0.05) is 11.5 Å². The molecule has 20 heavy (non-hydrogen) atoms. The molecule has 0 aromatic heterocycles. The van der Waals surface area contributed by atoms with Crippen LogP contribution in [0.3, 0.4) is 0 Å². The standard InChI is InChI=1S/C14H28N4S2/c15-13(16)19-9-7-11-3-1-4-12(6-2-5-11)8-10-20-14(17)18/h11-12H,1-10H2,(H3,15,16)(H3,17,18). The van der Waals surface area contributed by atoms with Gasteiger partial charge in [-0.2, -0.15) is 0 Å². The predicted octanol–water partition coefficient (Wildman–Crippen LogP) is 3.61. The molecule has 1 aliphatic carbocycles. The molecule has 1 aliphatic rings. The molecule has 0 saturated heterocycles. The topological polar surface area (TPSA) is 99.7 Å². The van der Waals surface area contributed by atoms with E-state index in [0.717, 1.165) is 23.3 Å². The zero-order valence-electron chi connectivity index (χ0n) is 12.2. The highest BCUT2D eigenvalue weighted by Crippen LogP contribution is 2.30. The van der Waals surface area contributed by atoms with Gasteiger partial charge in [-0.05, 0) is 24.7 Å². The van der Waals surface area contributed by atoms with Gasteiger partial charge in [-0.15, -0.1) is 0 Å². The first kappa shape index (κ1) is 17.7. The summed E-state index contributed by atoms with van der Waals surface area (Å²) in [6.07, 6.45) is 10.4. The molecule has 0 heterocycles. The van der Waals surface area contributed by atoms with Gasteiger partial charge in [0.05, 0.1) is 0 Å². The van der Waals surface area contributed by atoms with E-state index in [1.807, 2.05) is 0 Å². The monoisotopic (exact) mass is 316 g/mol. The molecule has 1 rings (SSSR count). The average molecular weight is 317 g/mol. The van der Waals surface area contributed by atoms with Crippen molar-refractivity contribution in [3.8, 4) is 0 Å². The average Bonchev–Trinajstić information content (AvgIpc) is 2.33. The molecule has 1 fully saturated rings. The van der Waals surface area contributed by atoms with Gasteiger partial charge >= 0.3 is 0 Å². The molecule has 0 aromatic rings. The summed E-state index contributed by atoms with van der Waals surface area (Å²) in [5.41, 5.74) is 10.7. The zero-order valence-corrected chi connectivity index (χ0v) is 13.8. The number of nitrogens with one attached hydrogen (secondary N) is 2. The van der Waals surface area contributed by atoms with Crippen LogP contribution >= 0.6 is 23.5 Å². The predicted molar refractivity (Wildman–Crippen MR) is 92.7 cm³/mol. The van der Waals surface area contributed by atoms with Crippen LogP contribution in [0.5, 0.6) is 0 Å². The van der Waals surface area contributed by atoms with Crippen LogP contribution in [0.4, 0.5) is 0 Å². The summed E-state index contributed by atoms with van der Waals surface area (Å²) in [5.74, 6) is 3.65. The molecule has 4 nitrogen and oxygen atoms in total. The van der Waals surface area contributed by atoms with Crippen molar-refractivity contribution in [3.63, 3.8) is 0 Å². The van der Waals surface area contributed by atoms with E-state index in [9.17, 15) is 0 Å². The van der Waals surface area contributed by atoms with Gasteiger partial charge in [-0.25, -0.2) is 0 Å². The van der Waals surface area contributed by atoms with Gasteiger partial charge in [-0.1, -0.05) is 62.0 Å². The lowest BCUT2D eigenvalue weighted by atomic mass is 9.84. The molecular formula is C14H28N4S2. The van der Waals surface area contributed by atoms with E-state index in [1.165, 1.54) is 74.9 Å². The second-order valence-electron chi connectivity index (χ2n) is 5.60. The second kappa shape index (κ2) is 10.4. The summed E-state index contributed by atoms with van der Waals surface area (Å²) in [6.45, 7) is 0. The van der Waals surface area contributed by atoms with Crippen molar-refractivity contribution < 1.29 is 0 Å². The quantitative estimate of drug-likeness (QED) is 0.444. The largest absolute Gasteiger partial charge is 0.379 e. The number of hydrogen-bond acceptors (Lipinski definition) is 4. The highest BCUT2D eigenvalue weighted by molar-refractivity contribution is 8.13. The Labute approximate surface area is 131 Å². The molecule has 6 N–H and O–H groups in total. The summed E-state index contributed by atoms with van der Waals surface area (Å²) < 4.78 is 0. The third-order valence-corrected chi connectivity index (χ3v) is 5.52. The lowest BCUT2D eigenvalue weighted by Crippen LogP contribution is -2.13. The van der Waals surface area contributed by atoms with Crippen molar-refractivity contribution in [1.29, 1.82) is 10.8 Å². The van der Waals surface area contributed by atoms with Crippen molar-refractivity contribution in [2.24, 2.45) is 23.3 Å². The maximum absolute atomic E-state index is 7.23. The van der Waals surface area contributed by atoms with Crippen molar-refractivity contribution >= 4 is 33.9 Å². The minimum absolute atomic E-state index is 0.249. The van der Waals surface area contributed by atoms with E-state index in [1.54, 1.807) is 0 Å². The van der Waals surface area contributed by atoms with Crippen molar-refractivity contribution in [1.82, 2.24) is 0 Å². The Morgan fingerprint density at radius 3 is 1.45 bits per heavy atom. The fraction of sp³-hybridized carbons (Fsp3) is 0.857. The van der Waals surface area contributed by atoms with Gasteiger partial charge < -0.3 is 11.5 Å². The van der Waals surface area contributed by atoms with Crippen LogP contribution in [0, 0.1) is 22.7 Å². The van der Waals surface area contributed by atoms with E-state index in [0.29, 0.717) is 0 Å². The van der Waals surface area contributed by atoms with Crippen LogP contribution < -0.4 is 11.5 Å². The van der Waals surface area contributed by atoms with E-state index in [2.05, 4.69) is 0 Å². The maximum atomic E-state index is 7.23. The first-order chi connectivity index (χ1) is 9.58. The Bertz CT molecular complexity index is 272. The van der Waals surface area contributed by atoms with Gasteiger partial charge in [0.2, 0.25) is 0 Å². The molecule has 0 radical (unpaired) electrons. The summed E-state index contributed by atoms with van der Waals surface area (Å²) in [5, 5.41) is 14.9. The van der Waals surface area contributed by atoms with E-state index in [4.69, 9.17) is 22.3 Å². The summed E-state index contributed by atoms with van der Waals surface area (Å²) >= 11 is 2.96. The second-order valence-corrected chi connectivity index (χ2v) is 7.87. The molecule has 0 atom stereocenters. The Balaban J connectivity index is 2.15. The third kappa shape index (κ3) is 8.74. The Morgan fingerprint density at radius 2 is 1.15 bits per heavy atom. The van der Waals surface area contributed by atoms with Crippen LogP contribution in [-0.4, -0.2) is 21.8 Å². The van der Waals surface area contributed by atoms with Crippen LogP contribution in [0.15, 0.2) is 0 Å². The molecule has 0 bridgehead atoms. The van der Waals surface area contributed by atoms with Gasteiger partial charge in [0.25, 0.3) is 0 Å². The summed E-state index contributed by atoms with van der Waals surface area (Å²) in [6, 6.07) is 0. The van der Waals surface area contributed by atoms with E-state index < -0.39 is 0 Å². The van der Waals surface area contributed by atoms with Crippen molar-refractivity contribution in [2.75, 3.05) is 11.5 Å². The number of rotatable bonds is 6. The number of nitrogens with two attached hydrogens (primary N) is 2. The smallest absolute Gasteiger partial charge is 0.151 e. The fourth-order valence-electron chi connectivity index (χ4n) is 2.93. The zero-order chi connectivity index (χ0) is 14.8. The highest BCUT2D eigenvalue weighted by atomic mass is 32.2. The lowest BCUT2D eigenvalue weighted by Gasteiger charge is -2.24. The summed E-state index contributed by atoms with van der Waals surface area (Å²) in [7, 11) is 0. The van der Waals surface area contributed by atoms with Gasteiger partial charge in [0.15, 0.2) is 10.3 Å². The Hall–Kier alpha value is -0.360. The van der Waals surface area contributed by atoms with Crippen LogP contribution in [0.1, 0.15) is 51.4 Å². The fourth-order valence-corrected chi connectivity index (χ4v) is 4.27. The Kier molecular flexibility index (Phi) is 9.18. The molecule has 0 aliphatic heterocycles. The summed E-state index contributed by atoms with van der Waals surface area (Å²) in [4.78, 5) is 0. The first-order valence-electron chi connectivity index (χ1n) is 7.51. The van der Waals surface area contributed by atoms with Crippen LogP contribution in [0.25, 0.3) is 0 Å². The molecule has 0 unspecified atom stereocenters. The van der Waals surface area contributed by atoms with Crippen molar-refractivity contribution in [2.45, 2.75) is 51.4 Å². The third-order valence-electron chi connectivity index (χ3n) is 4.02. The Morgan fingerprint density at radius 1 is 0.800 bits per heavy atom. The van der Waals surface area contributed by atoms with Crippen LogP contribution in [-0.2, 0) is 0 Å². The molecule has 0 aromatic carbocycles. The first-order valence-corrected chi connectivity index (χ1v) is 9.48.